The quantitative estimate of drug-likeness (QED) is 0.369. The highest BCUT2D eigenvalue weighted by atomic mass is 32.2. The van der Waals surface area contributed by atoms with E-state index < -0.39 is 10.1 Å². The van der Waals surface area contributed by atoms with Crippen LogP contribution in [-0.2, 0) is 10.1 Å². The molecular formula is C28H37NO4S. The van der Waals surface area contributed by atoms with Crippen LogP contribution in [0.5, 0.6) is 5.75 Å². The fraction of sp³-hybridized carbons (Fsp3) is 0.357. The largest absolute Gasteiger partial charge is 0.508 e. The lowest BCUT2D eigenvalue weighted by Crippen LogP contribution is -2.38. The van der Waals surface area contributed by atoms with Gasteiger partial charge in [-0.05, 0) is 71.3 Å². The van der Waals surface area contributed by atoms with Crippen LogP contribution in [0.3, 0.4) is 0 Å². The van der Waals surface area contributed by atoms with Crippen molar-refractivity contribution in [1.82, 2.24) is 4.90 Å². The first-order chi connectivity index (χ1) is 16.0. The van der Waals surface area contributed by atoms with Crippen molar-refractivity contribution >= 4 is 10.1 Å². The summed E-state index contributed by atoms with van der Waals surface area (Å²) in [6, 6.07) is 24.9. The zero-order valence-electron chi connectivity index (χ0n) is 20.7. The van der Waals surface area contributed by atoms with E-state index >= 15 is 0 Å². The van der Waals surface area contributed by atoms with Crippen molar-refractivity contribution in [2.75, 3.05) is 6.54 Å². The number of rotatable bonds is 8. The van der Waals surface area contributed by atoms with Gasteiger partial charge in [-0.2, -0.15) is 8.42 Å². The Morgan fingerprint density at radius 3 is 1.82 bits per heavy atom. The molecule has 3 aromatic carbocycles. The Balaban J connectivity index is 0.000000340. The molecule has 2 N–H and O–H groups in total. The predicted molar refractivity (Wildman–Crippen MR) is 139 cm³/mol. The summed E-state index contributed by atoms with van der Waals surface area (Å²) in [6.07, 6.45) is 0.997. The lowest BCUT2D eigenvalue weighted by molar-refractivity contribution is 0.170. The molecule has 34 heavy (non-hydrogen) atoms. The second-order valence-electron chi connectivity index (χ2n) is 9.03. The topological polar surface area (TPSA) is 77.8 Å². The predicted octanol–water partition coefficient (Wildman–Crippen LogP) is 6.27. The van der Waals surface area contributed by atoms with E-state index in [0.717, 1.165) is 18.5 Å². The minimum atomic E-state index is -4.00. The Labute approximate surface area is 204 Å². The van der Waals surface area contributed by atoms with Gasteiger partial charge >= 0.3 is 0 Å². The number of phenols is 1. The van der Waals surface area contributed by atoms with Gasteiger partial charge < -0.3 is 5.11 Å². The maximum absolute atomic E-state index is 10.4. The smallest absolute Gasteiger partial charge is 0.294 e. The Hall–Kier alpha value is -2.67. The minimum absolute atomic E-state index is 0.0741. The molecule has 0 aliphatic carbocycles. The van der Waals surface area contributed by atoms with Crippen LogP contribution < -0.4 is 0 Å². The van der Waals surface area contributed by atoms with Gasteiger partial charge in [0.25, 0.3) is 10.1 Å². The molecule has 0 unspecified atom stereocenters. The molecule has 5 nitrogen and oxygen atoms in total. The average Bonchev–Trinajstić information content (AvgIpc) is 2.79. The summed E-state index contributed by atoms with van der Waals surface area (Å²) >= 11 is 0. The van der Waals surface area contributed by atoms with Crippen molar-refractivity contribution in [2.24, 2.45) is 0 Å². The molecular weight excluding hydrogens is 446 g/mol. The van der Waals surface area contributed by atoms with Crippen LogP contribution in [0, 0.1) is 6.92 Å². The molecule has 0 amide bonds. The molecule has 0 fully saturated rings. The van der Waals surface area contributed by atoms with E-state index in [9.17, 15) is 13.5 Å². The molecule has 0 heterocycles. The Kier molecular flexibility index (Phi) is 10.3. The monoisotopic (exact) mass is 483 g/mol. The van der Waals surface area contributed by atoms with Gasteiger partial charge in [-0.25, -0.2) is 0 Å². The highest BCUT2D eigenvalue weighted by Crippen LogP contribution is 2.35. The molecule has 0 spiro atoms. The molecule has 1 atom stereocenters. The number of phenolic OH excluding ortho intramolecular Hbond substituents is 1. The summed E-state index contributed by atoms with van der Waals surface area (Å²) in [5.41, 5.74) is 3.49. The van der Waals surface area contributed by atoms with E-state index in [1.165, 1.54) is 23.3 Å². The normalized spacial score (nSPS) is 12.5. The third-order valence-corrected chi connectivity index (χ3v) is 6.67. The second kappa shape index (κ2) is 12.7. The van der Waals surface area contributed by atoms with Crippen LogP contribution in [0.1, 0.15) is 56.7 Å². The third kappa shape index (κ3) is 8.28. The van der Waals surface area contributed by atoms with Gasteiger partial charge in [0.2, 0.25) is 0 Å². The van der Waals surface area contributed by atoms with E-state index in [1.807, 2.05) is 18.2 Å². The Morgan fingerprint density at radius 2 is 1.35 bits per heavy atom. The van der Waals surface area contributed by atoms with Crippen molar-refractivity contribution in [3.8, 4) is 5.75 Å². The van der Waals surface area contributed by atoms with Gasteiger partial charge in [-0.15, -0.1) is 0 Å². The van der Waals surface area contributed by atoms with E-state index in [2.05, 4.69) is 69.9 Å². The van der Waals surface area contributed by atoms with Gasteiger partial charge in [0.1, 0.15) is 5.75 Å². The summed E-state index contributed by atoms with van der Waals surface area (Å²) in [5.74, 6) is 0.612. The van der Waals surface area contributed by atoms with Crippen molar-refractivity contribution in [1.29, 1.82) is 0 Å². The van der Waals surface area contributed by atoms with Crippen LogP contribution in [0.2, 0.25) is 0 Å². The first-order valence-electron chi connectivity index (χ1n) is 11.6. The molecule has 3 aromatic rings. The second-order valence-corrected chi connectivity index (χ2v) is 10.4. The van der Waals surface area contributed by atoms with E-state index in [0.29, 0.717) is 17.8 Å². The summed E-state index contributed by atoms with van der Waals surface area (Å²) in [4.78, 5) is 2.44. The molecule has 0 aliphatic rings. The third-order valence-electron chi connectivity index (χ3n) is 5.80. The lowest BCUT2D eigenvalue weighted by Gasteiger charge is -2.32. The molecule has 0 aliphatic heterocycles. The van der Waals surface area contributed by atoms with Gasteiger partial charge in [0.05, 0.1) is 4.90 Å². The highest BCUT2D eigenvalue weighted by molar-refractivity contribution is 7.85. The molecule has 184 valence electrons. The van der Waals surface area contributed by atoms with Gasteiger partial charge in [-0.1, -0.05) is 66.2 Å². The van der Waals surface area contributed by atoms with Crippen molar-refractivity contribution in [2.45, 2.75) is 63.9 Å². The zero-order valence-corrected chi connectivity index (χ0v) is 21.5. The fourth-order valence-corrected chi connectivity index (χ4v) is 4.62. The maximum Gasteiger partial charge on any atom is 0.294 e. The number of aryl methyl sites for hydroxylation is 1. The molecule has 0 aromatic heterocycles. The first-order valence-corrected chi connectivity index (χ1v) is 13.1. The van der Waals surface area contributed by atoms with Crippen LogP contribution in [0.15, 0.2) is 83.8 Å². The number of aromatic hydroxyl groups is 1. The van der Waals surface area contributed by atoms with Crippen LogP contribution in [-0.4, -0.2) is 41.6 Å². The molecule has 0 radical (unpaired) electrons. The number of benzene rings is 3. The van der Waals surface area contributed by atoms with Crippen molar-refractivity contribution in [3.05, 3.63) is 95.6 Å². The highest BCUT2D eigenvalue weighted by Gasteiger charge is 2.21. The van der Waals surface area contributed by atoms with Crippen LogP contribution in [0.4, 0.5) is 0 Å². The van der Waals surface area contributed by atoms with Gasteiger partial charge in [0.15, 0.2) is 0 Å². The van der Waals surface area contributed by atoms with Gasteiger partial charge in [-0.3, -0.25) is 9.45 Å². The molecule has 6 heteroatoms. The summed E-state index contributed by atoms with van der Waals surface area (Å²) in [7, 11) is -4.00. The van der Waals surface area contributed by atoms with E-state index in [-0.39, 0.29) is 10.8 Å². The summed E-state index contributed by atoms with van der Waals surface area (Å²) in [6.45, 7) is 12.1. The average molecular weight is 484 g/mol. The Morgan fingerprint density at radius 1 is 0.824 bits per heavy atom. The lowest BCUT2D eigenvalue weighted by atomic mass is 9.87. The number of hydrogen-bond acceptors (Lipinski definition) is 4. The Bertz CT molecular complexity index is 1110. The van der Waals surface area contributed by atoms with Crippen LogP contribution in [0.25, 0.3) is 0 Å². The number of hydrogen-bond donors (Lipinski definition) is 2. The summed E-state index contributed by atoms with van der Waals surface area (Å²) < 4.78 is 29.2. The molecule has 0 saturated heterocycles. The standard InChI is InChI=1S/C22H31NO.C6H6O3S/c1-16(2)23(17(3)4)14-13-20(19-9-7-6-8-10-19)21-15-18(5)11-12-22(21)24;7-10(8,9)6-4-2-1-3-5-6/h6-12,15-17,20,24H,13-14H2,1-5H3;1-5H,(H,7,8,9)/t20-;/m1./s1. The molecule has 3 rings (SSSR count). The maximum atomic E-state index is 10.4. The molecule has 0 saturated carbocycles. The SMILES string of the molecule is Cc1ccc(O)c([C@H](CCN(C(C)C)C(C)C)c2ccccc2)c1.O=S(=O)(O)c1ccccc1. The minimum Gasteiger partial charge on any atom is -0.508 e. The van der Waals surface area contributed by atoms with Crippen LogP contribution >= 0.6 is 0 Å². The zero-order chi connectivity index (χ0) is 25.3. The molecule has 0 bridgehead atoms. The van der Waals surface area contributed by atoms with E-state index in [1.54, 1.807) is 18.2 Å². The van der Waals surface area contributed by atoms with Gasteiger partial charge in [0, 0.05) is 23.6 Å². The van der Waals surface area contributed by atoms with Crippen molar-refractivity contribution in [3.63, 3.8) is 0 Å². The fourth-order valence-electron chi connectivity index (χ4n) is 4.12. The summed E-state index contributed by atoms with van der Waals surface area (Å²) in [5, 5.41) is 10.4. The first kappa shape index (κ1) is 27.6. The number of nitrogens with zero attached hydrogens (tertiary/aromatic N) is 1. The van der Waals surface area contributed by atoms with E-state index in [4.69, 9.17) is 4.55 Å². The van der Waals surface area contributed by atoms with Crippen molar-refractivity contribution < 1.29 is 18.1 Å².